The first-order chi connectivity index (χ1) is 26.6. The second kappa shape index (κ2) is 19.5. The molecule has 1 aromatic heterocycles. The smallest absolute Gasteiger partial charge is 0.307 e. The largest absolute Gasteiger partial charge is 0.491 e. The van der Waals surface area contributed by atoms with Gasteiger partial charge in [0.1, 0.15) is 12.4 Å². The zero-order valence-corrected chi connectivity index (χ0v) is 32.1. The maximum absolute atomic E-state index is 14.1. The fraction of sp³-hybridized carbons (Fsp3) is 0.524. The van der Waals surface area contributed by atoms with Crippen LogP contribution in [-0.4, -0.2) is 96.5 Å². The van der Waals surface area contributed by atoms with Gasteiger partial charge >= 0.3 is 17.9 Å². The molecule has 0 saturated carbocycles. The Hall–Kier alpha value is -4.30. The second-order valence-corrected chi connectivity index (χ2v) is 16.4. The number of thiophene rings is 1. The number of carbonyl (C=O) groups is 4. The number of hydrogen-bond donors (Lipinski definition) is 6. The highest BCUT2D eigenvalue weighted by molar-refractivity contribution is 7.10. The summed E-state index contributed by atoms with van der Waals surface area (Å²) >= 11 is 1.48. The molecule has 3 aliphatic rings. The molecule has 0 aliphatic carbocycles. The molecule has 6 unspecified atom stereocenters. The Morgan fingerprint density at radius 1 is 0.691 bits per heavy atom. The lowest BCUT2D eigenvalue weighted by molar-refractivity contribution is -0.144. The SMILES string of the molecule is O=C(O)C(Cc1cccc(CC(=O)N(CCOc2csc(CC(C(=O)O)C3CCNC3)c2)Cc2cccc(CC(C(=O)O)C3CCNC3)c2)c1)C1CCNC1. The molecule has 0 bridgehead atoms. The van der Waals surface area contributed by atoms with Gasteiger partial charge in [0, 0.05) is 16.8 Å². The first-order valence-corrected chi connectivity index (χ1v) is 20.4. The van der Waals surface area contributed by atoms with Crippen LogP contribution in [0, 0.1) is 35.5 Å². The number of ether oxygens (including phenoxy) is 1. The molecule has 0 radical (unpaired) electrons. The lowest BCUT2D eigenvalue weighted by Gasteiger charge is -2.24. The maximum atomic E-state index is 14.1. The quantitative estimate of drug-likeness (QED) is 0.0980. The van der Waals surface area contributed by atoms with E-state index in [-0.39, 0.29) is 36.7 Å². The molecule has 2 aromatic carbocycles. The molecule has 55 heavy (non-hydrogen) atoms. The van der Waals surface area contributed by atoms with Gasteiger partial charge in [-0.3, -0.25) is 19.2 Å². The fourth-order valence-corrected chi connectivity index (χ4v) is 9.35. The number of aliphatic carboxylic acids is 3. The molecule has 1 amide bonds. The zero-order valence-electron chi connectivity index (χ0n) is 31.3. The third kappa shape index (κ3) is 11.4. The summed E-state index contributed by atoms with van der Waals surface area (Å²) in [6.45, 7) is 5.39. The molecule has 3 saturated heterocycles. The summed E-state index contributed by atoms with van der Waals surface area (Å²) < 4.78 is 6.14. The number of benzene rings is 2. The van der Waals surface area contributed by atoms with Crippen LogP contribution in [0.2, 0.25) is 0 Å². The average molecular weight is 775 g/mol. The van der Waals surface area contributed by atoms with Crippen molar-refractivity contribution in [3.05, 3.63) is 87.1 Å². The van der Waals surface area contributed by atoms with Gasteiger partial charge in [0.25, 0.3) is 0 Å². The molecule has 296 valence electrons. The molecule has 6 rings (SSSR count). The molecule has 6 atom stereocenters. The predicted octanol–water partition coefficient (Wildman–Crippen LogP) is 3.96. The van der Waals surface area contributed by atoms with Crippen molar-refractivity contribution in [1.82, 2.24) is 20.9 Å². The molecular formula is C42H54N4O8S. The number of amides is 1. The molecular weight excluding hydrogens is 721 g/mol. The van der Waals surface area contributed by atoms with Crippen molar-refractivity contribution in [2.45, 2.75) is 51.5 Å². The van der Waals surface area contributed by atoms with Crippen LogP contribution >= 0.6 is 11.3 Å². The summed E-state index contributed by atoms with van der Waals surface area (Å²) in [4.78, 5) is 53.2. The van der Waals surface area contributed by atoms with E-state index in [0.717, 1.165) is 66.0 Å². The van der Waals surface area contributed by atoms with Crippen LogP contribution in [0.4, 0.5) is 0 Å². The monoisotopic (exact) mass is 774 g/mol. The molecule has 4 heterocycles. The Morgan fingerprint density at radius 3 is 1.69 bits per heavy atom. The third-order valence-electron chi connectivity index (χ3n) is 11.6. The van der Waals surface area contributed by atoms with Gasteiger partial charge in [0.05, 0.1) is 30.7 Å². The summed E-state index contributed by atoms with van der Waals surface area (Å²) in [5.41, 5.74) is 3.50. The van der Waals surface area contributed by atoms with E-state index in [2.05, 4.69) is 16.0 Å². The third-order valence-corrected chi connectivity index (χ3v) is 12.5. The molecule has 13 heteroatoms. The van der Waals surface area contributed by atoms with Crippen molar-refractivity contribution in [3.63, 3.8) is 0 Å². The Bertz CT molecular complexity index is 1760. The van der Waals surface area contributed by atoms with Crippen molar-refractivity contribution in [2.24, 2.45) is 35.5 Å². The summed E-state index contributed by atoms with van der Waals surface area (Å²) in [5.74, 6) is -3.07. The summed E-state index contributed by atoms with van der Waals surface area (Å²) in [6.07, 6.45) is 3.89. The van der Waals surface area contributed by atoms with Crippen molar-refractivity contribution < 1.29 is 39.2 Å². The van der Waals surface area contributed by atoms with E-state index in [4.69, 9.17) is 4.74 Å². The highest BCUT2D eigenvalue weighted by atomic mass is 32.1. The maximum Gasteiger partial charge on any atom is 0.307 e. The van der Waals surface area contributed by atoms with Crippen LogP contribution in [0.5, 0.6) is 5.75 Å². The zero-order chi connectivity index (χ0) is 38.7. The lowest BCUT2D eigenvalue weighted by atomic mass is 9.86. The number of hydrogen-bond acceptors (Lipinski definition) is 9. The molecule has 12 nitrogen and oxygen atoms in total. The van der Waals surface area contributed by atoms with E-state index in [1.54, 1.807) is 4.90 Å². The standard InChI is InChI=1S/C42H54N4O8S/c47-39(19-29-5-1-3-27(15-29)17-36(40(48)49)31-7-10-43-22-31)46(25-30-6-2-4-28(16-30)18-37(41(50)51)32-8-11-44-23-32)13-14-54-34-20-35(55-26-34)21-38(42(52)53)33-9-12-45-24-33/h1-6,15-16,20,26,31-33,36-38,43-45H,7-14,17-19,21-25H2,(H,48,49)(H,50,51)(H,52,53). The van der Waals surface area contributed by atoms with Crippen LogP contribution in [0.15, 0.2) is 60.0 Å². The predicted molar refractivity (Wildman–Crippen MR) is 209 cm³/mol. The van der Waals surface area contributed by atoms with Gasteiger partial charge < -0.3 is 40.9 Å². The topological polar surface area (TPSA) is 178 Å². The van der Waals surface area contributed by atoms with Gasteiger partial charge in [-0.05, 0) is 124 Å². The number of carboxylic acids is 3. The van der Waals surface area contributed by atoms with Crippen LogP contribution in [0.1, 0.15) is 46.4 Å². The van der Waals surface area contributed by atoms with Crippen LogP contribution in [0.3, 0.4) is 0 Å². The van der Waals surface area contributed by atoms with Crippen molar-refractivity contribution >= 4 is 35.2 Å². The Morgan fingerprint density at radius 2 is 1.18 bits per heavy atom. The molecule has 3 aliphatic heterocycles. The van der Waals surface area contributed by atoms with Crippen molar-refractivity contribution in [2.75, 3.05) is 52.4 Å². The molecule has 3 aromatic rings. The summed E-state index contributed by atoms with van der Waals surface area (Å²) in [6, 6.07) is 17.3. The number of carboxylic acid groups (broad SMARTS) is 3. The number of nitrogens with one attached hydrogen (secondary N) is 3. The second-order valence-electron chi connectivity index (χ2n) is 15.4. The van der Waals surface area contributed by atoms with Gasteiger partial charge in [-0.25, -0.2) is 0 Å². The molecule has 3 fully saturated rings. The number of rotatable bonds is 20. The van der Waals surface area contributed by atoms with E-state index in [1.165, 1.54) is 11.3 Å². The van der Waals surface area contributed by atoms with Crippen LogP contribution in [0.25, 0.3) is 0 Å². The van der Waals surface area contributed by atoms with Gasteiger partial charge in [0.2, 0.25) is 5.91 Å². The van der Waals surface area contributed by atoms with Gasteiger partial charge in [0.15, 0.2) is 0 Å². The Labute approximate surface area is 326 Å². The molecule has 0 spiro atoms. The fourth-order valence-electron chi connectivity index (χ4n) is 8.49. The first-order valence-electron chi connectivity index (χ1n) is 19.6. The lowest BCUT2D eigenvalue weighted by Crippen LogP contribution is -2.35. The van der Waals surface area contributed by atoms with E-state index in [1.807, 2.05) is 60.0 Å². The molecule has 6 N–H and O–H groups in total. The van der Waals surface area contributed by atoms with Gasteiger partial charge in [-0.2, -0.15) is 0 Å². The van der Waals surface area contributed by atoms with Gasteiger partial charge in [-0.15, -0.1) is 11.3 Å². The highest BCUT2D eigenvalue weighted by Gasteiger charge is 2.33. The minimum absolute atomic E-state index is 0.0668. The van der Waals surface area contributed by atoms with Crippen LogP contribution in [-0.2, 0) is 51.4 Å². The van der Waals surface area contributed by atoms with E-state index in [9.17, 15) is 34.5 Å². The first kappa shape index (κ1) is 40.4. The van der Waals surface area contributed by atoms with E-state index < -0.39 is 35.7 Å². The van der Waals surface area contributed by atoms with Crippen molar-refractivity contribution in [3.8, 4) is 5.75 Å². The van der Waals surface area contributed by atoms with Crippen molar-refractivity contribution in [1.29, 1.82) is 0 Å². The van der Waals surface area contributed by atoms with E-state index in [0.29, 0.717) is 57.7 Å². The normalized spacial score (nSPS) is 21.2. The summed E-state index contributed by atoms with van der Waals surface area (Å²) in [5, 5.41) is 41.6. The van der Waals surface area contributed by atoms with E-state index >= 15 is 0 Å². The average Bonchev–Trinajstić information content (AvgIpc) is 4.01. The number of carbonyl (C=O) groups excluding carboxylic acids is 1. The van der Waals surface area contributed by atoms with Crippen LogP contribution < -0.4 is 20.7 Å². The Kier molecular flexibility index (Phi) is 14.3. The minimum Gasteiger partial charge on any atom is -0.491 e. The number of nitrogens with zero attached hydrogens (tertiary/aromatic N) is 1. The van der Waals surface area contributed by atoms with Gasteiger partial charge in [-0.1, -0.05) is 48.5 Å². The summed E-state index contributed by atoms with van der Waals surface area (Å²) in [7, 11) is 0. The minimum atomic E-state index is -0.802. The Balaban J connectivity index is 1.14. The highest BCUT2D eigenvalue weighted by Crippen LogP contribution is 2.30.